The zero-order valence-electron chi connectivity index (χ0n) is 14.5. The van der Waals surface area contributed by atoms with E-state index in [1.807, 2.05) is 37.4 Å². The maximum Gasteiger partial charge on any atom is 0.223 e. The molecule has 26 heavy (non-hydrogen) atoms. The minimum Gasteiger partial charge on any atom is -0.494 e. The Morgan fingerprint density at radius 3 is 2.81 bits per heavy atom. The summed E-state index contributed by atoms with van der Waals surface area (Å²) < 4.78 is 7.02. The largest absolute Gasteiger partial charge is 0.494 e. The first-order chi connectivity index (χ1) is 12.7. The Labute approximate surface area is 149 Å². The van der Waals surface area contributed by atoms with Crippen molar-refractivity contribution in [1.82, 2.24) is 24.6 Å². The minimum atomic E-state index is 0.291. The van der Waals surface area contributed by atoms with Gasteiger partial charge in [0.25, 0.3) is 0 Å². The zero-order valence-corrected chi connectivity index (χ0v) is 14.5. The predicted octanol–water partition coefficient (Wildman–Crippen LogP) is 2.84. The zero-order chi connectivity index (χ0) is 17.8. The van der Waals surface area contributed by atoms with Crippen molar-refractivity contribution in [2.45, 2.75) is 25.2 Å². The van der Waals surface area contributed by atoms with Crippen molar-refractivity contribution >= 4 is 22.5 Å². The van der Waals surface area contributed by atoms with Gasteiger partial charge in [0.15, 0.2) is 11.5 Å². The fourth-order valence-corrected chi connectivity index (χ4v) is 3.51. The molecule has 0 spiro atoms. The van der Waals surface area contributed by atoms with E-state index in [1.54, 1.807) is 11.6 Å². The third kappa shape index (κ3) is 2.20. The number of pyridine rings is 1. The lowest BCUT2D eigenvalue weighted by atomic mass is 10.1. The van der Waals surface area contributed by atoms with Gasteiger partial charge in [-0.2, -0.15) is 4.52 Å². The summed E-state index contributed by atoms with van der Waals surface area (Å²) >= 11 is 0. The number of nitrogens with two attached hydrogens (primary N) is 1. The number of hydrogen-bond acceptors (Lipinski definition) is 6. The summed E-state index contributed by atoms with van der Waals surface area (Å²) in [6.45, 7) is 1.99. The van der Waals surface area contributed by atoms with Gasteiger partial charge >= 0.3 is 0 Å². The normalized spacial score (nSPS) is 19.2. The molecular formula is C19H18N6O. The van der Waals surface area contributed by atoms with Gasteiger partial charge in [0.2, 0.25) is 5.95 Å². The molecule has 5 rings (SSSR count). The smallest absolute Gasteiger partial charge is 0.223 e. The number of anilines is 1. The monoisotopic (exact) mass is 346 g/mol. The standard InChI is InChI=1S/C19H18N6O/c1-10-6-7-11(9-21-10)13-8-14(13)17-23-18-12-4-3-5-15(26-2)16(12)22-19(20)25(18)24-17/h3-7,9,13-14H,8H2,1-2H3,(H2,20,22). The van der Waals surface area contributed by atoms with Gasteiger partial charge in [0.1, 0.15) is 11.3 Å². The number of fused-ring (bicyclic) bond motifs is 3. The van der Waals surface area contributed by atoms with E-state index in [0.29, 0.717) is 34.7 Å². The van der Waals surface area contributed by atoms with Crippen molar-refractivity contribution in [2.75, 3.05) is 12.8 Å². The van der Waals surface area contributed by atoms with Gasteiger partial charge in [0.05, 0.1) is 7.11 Å². The molecule has 7 nitrogen and oxygen atoms in total. The first-order valence-electron chi connectivity index (χ1n) is 8.57. The molecule has 0 amide bonds. The van der Waals surface area contributed by atoms with Gasteiger partial charge in [-0.15, -0.1) is 5.10 Å². The lowest BCUT2D eigenvalue weighted by Crippen LogP contribution is -2.03. The molecule has 3 aromatic heterocycles. The highest BCUT2D eigenvalue weighted by molar-refractivity contribution is 5.95. The molecule has 1 saturated carbocycles. The Balaban J connectivity index is 1.59. The van der Waals surface area contributed by atoms with Crippen molar-refractivity contribution in [3.63, 3.8) is 0 Å². The molecule has 2 N–H and O–H groups in total. The third-order valence-electron chi connectivity index (χ3n) is 5.01. The molecule has 4 aromatic rings. The number of ether oxygens (including phenoxy) is 1. The maximum absolute atomic E-state index is 6.13. The van der Waals surface area contributed by atoms with Crippen molar-refractivity contribution in [2.24, 2.45) is 0 Å². The number of nitrogen functional groups attached to an aromatic ring is 1. The Kier molecular flexibility index (Phi) is 3.12. The predicted molar refractivity (Wildman–Crippen MR) is 98.3 cm³/mol. The summed E-state index contributed by atoms with van der Waals surface area (Å²) in [5.41, 5.74) is 9.80. The topological polar surface area (TPSA) is 91.2 Å². The summed E-state index contributed by atoms with van der Waals surface area (Å²) in [5.74, 6) is 2.50. The van der Waals surface area contributed by atoms with Crippen LogP contribution in [0.15, 0.2) is 36.5 Å². The number of para-hydroxylation sites is 1. The Morgan fingerprint density at radius 1 is 1.15 bits per heavy atom. The van der Waals surface area contributed by atoms with Crippen LogP contribution in [0.2, 0.25) is 0 Å². The molecule has 0 saturated heterocycles. The third-order valence-corrected chi connectivity index (χ3v) is 5.01. The number of aryl methyl sites for hydroxylation is 1. The maximum atomic E-state index is 6.13. The number of methoxy groups -OCH3 is 1. The first kappa shape index (κ1) is 15.1. The second-order valence-electron chi connectivity index (χ2n) is 6.71. The number of benzene rings is 1. The lowest BCUT2D eigenvalue weighted by Gasteiger charge is -2.06. The van der Waals surface area contributed by atoms with E-state index >= 15 is 0 Å². The van der Waals surface area contributed by atoms with Crippen molar-refractivity contribution in [3.05, 3.63) is 53.6 Å². The van der Waals surface area contributed by atoms with Crippen molar-refractivity contribution < 1.29 is 4.74 Å². The molecule has 7 heteroatoms. The molecule has 1 aromatic carbocycles. The highest BCUT2D eigenvalue weighted by atomic mass is 16.5. The summed E-state index contributed by atoms with van der Waals surface area (Å²) in [6, 6.07) is 9.93. The Bertz CT molecular complexity index is 1130. The fourth-order valence-electron chi connectivity index (χ4n) is 3.51. The molecule has 0 bridgehead atoms. The van der Waals surface area contributed by atoms with Crippen LogP contribution in [0.25, 0.3) is 16.6 Å². The van der Waals surface area contributed by atoms with Crippen LogP contribution >= 0.6 is 0 Å². The summed E-state index contributed by atoms with van der Waals surface area (Å²) in [5, 5.41) is 5.51. The summed E-state index contributed by atoms with van der Waals surface area (Å²) in [6.07, 6.45) is 2.97. The molecule has 130 valence electrons. The second-order valence-corrected chi connectivity index (χ2v) is 6.71. The highest BCUT2D eigenvalue weighted by Crippen LogP contribution is 2.53. The van der Waals surface area contributed by atoms with Crippen LogP contribution in [0.1, 0.15) is 35.3 Å². The number of hydrogen-bond donors (Lipinski definition) is 1. The van der Waals surface area contributed by atoms with Crippen LogP contribution in [0.5, 0.6) is 5.75 Å². The van der Waals surface area contributed by atoms with E-state index in [2.05, 4.69) is 21.1 Å². The van der Waals surface area contributed by atoms with E-state index in [9.17, 15) is 0 Å². The molecule has 3 heterocycles. The van der Waals surface area contributed by atoms with Gasteiger partial charge < -0.3 is 10.5 Å². The average molecular weight is 346 g/mol. The highest BCUT2D eigenvalue weighted by Gasteiger charge is 2.43. The van der Waals surface area contributed by atoms with Gasteiger partial charge in [-0.05, 0) is 43.0 Å². The molecule has 1 fully saturated rings. The Hall–Kier alpha value is -3.22. The number of aromatic nitrogens is 5. The number of rotatable bonds is 3. The quantitative estimate of drug-likeness (QED) is 0.613. The fraction of sp³-hybridized carbons (Fsp3) is 0.263. The van der Waals surface area contributed by atoms with Crippen LogP contribution in [-0.4, -0.2) is 31.7 Å². The molecular weight excluding hydrogens is 328 g/mol. The van der Waals surface area contributed by atoms with Crippen LogP contribution in [0.4, 0.5) is 5.95 Å². The average Bonchev–Trinajstić information content (AvgIpc) is 3.32. The molecule has 0 aliphatic heterocycles. The van der Waals surface area contributed by atoms with Crippen molar-refractivity contribution in [1.29, 1.82) is 0 Å². The Morgan fingerprint density at radius 2 is 2.04 bits per heavy atom. The van der Waals surface area contributed by atoms with Gasteiger partial charge in [-0.3, -0.25) is 4.98 Å². The van der Waals surface area contributed by atoms with Gasteiger partial charge in [0, 0.05) is 23.2 Å². The lowest BCUT2D eigenvalue weighted by molar-refractivity contribution is 0.419. The molecule has 0 radical (unpaired) electrons. The van der Waals surface area contributed by atoms with Crippen molar-refractivity contribution in [3.8, 4) is 5.75 Å². The van der Waals surface area contributed by atoms with Crippen LogP contribution in [0.3, 0.4) is 0 Å². The van der Waals surface area contributed by atoms with Gasteiger partial charge in [-0.25, -0.2) is 9.97 Å². The number of nitrogens with zero attached hydrogens (tertiary/aromatic N) is 5. The molecule has 2 unspecified atom stereocenters. The van der Waals surface area contributed by atoms with E-state index in [-0.39, 0.29) is 0 Å². The van der Waals surface area contributed by atoms with E-state index < -0.39 is 0 Å². The second kappa shape index (κ2) is 5.39. The van der Waals surface area contributed by atoms with E-state index in [1.165, 1.54) is 5.56 Å². The van der Waals surface area contributed by atoms with Crippen LogP contribution < -0.4 is 10.5 Å². The van der Waals surface area contributed by atoms with Crippen LogP contribution in [0, 0.1) is 6.92 Å². The molecule has 1 aliphatic rings. The van der Waals surface area contributed by atoms with Gasteiger partial charge in [-0.1, -0.05) is 12.1 Å². The van der Waals surface area contributed by atoms with Crippen LogP contribution in [-0.2, 0) is 0 Å². The summed E-state index contributed by atoms with van der Waals surface area (Å²) in [7, 11) is 1.62. The molecule has 1 aliphatic carbocycles. The van der Waals surface area contributed by atoms with E-state index in [0.717, 1.165) is 23.3 Å². The van der Waals surface area contributed by atoms with E-state index in [4.69, 9.17) is 15.5 Å². The first-order valence-corrected chi connectivity index (χ1v) is 8.57. The minimum absolute atomic E-state index is 0.291. The summed E-state index contributed by atoms with van der Waals surface area (Å²) in [4.78, 5) is 13.6. The molecule has 2 atom stereocenters. The SMILES string of the molecule is COc1cccc2c1nc(N)n1nc(C3CC3c3ccc(C)nc3)nc21.